The smallest absolute Gasteiger partial charge is 0.295 e. The van der Waals surface area contributed by atoms with E-state index in [1.807, 2.05) is 48.5 Å². The van der Waals surface area contributed by atoms with Crippen LogP contribution in [0.15, 0.2) is 72.3 Å². The average molecular weight is 520 g/mol. The van der Waals surface area contributed by atoms with E-state index in [4.69, 9.17) is 21.1 Å². The van der Waals surface area contributed by atoms with E-state index in [0.29, 0.717) is 17.1 Å². The number of benzene rings is 3. The Hall–Kier alpha value is -3.77. The summed E-state index contributed by atoms with van der Waals surface area (Å²) in [7, 11) is 3.07. The zero-order valence-electron chi connectivity index (χ0n) is 21.5. The van der Waals surface area contributed by atoms with E-state index in [9.17, 15) is 14.7 Å². The van der Waals surface area contributed by atoms with Crippen LogP contribution in [-0.4, -0.2) is 35.9 Å². The molecule has 0 aliphatic carbocycles. The lowest BCUT2D eigenvalue weighted by atomic mass is 9.85. The monoisotopic (exact) mass is 519 g/mol. The van der Waals surface area contributed by atoms with Crippen molar-refractivity contribution in [2.24, 2.45) is 0 Å². The molecule has 0 saturated carbocycles. The molecule has 3 aromatic rings. The number of likely N-dealkylation sites (tertiary alicyclic amines) is 1. The summed E-state index contributed by atoms with van der Waals surface area (Å²) in [5.41, 5.74) is 2.72. The van der Waals surface area contributed by atoms with Gasteiger partial charge in [0.1, 0.15) is 17.3 Å². The van der Waals surface area contributed by atoms with Crippen LogP contribution in [0.25, 0.3) is 5.76 Å². The molecule has 1 aliphatic rings. The lowest BCUT2D eigenvalue weighted by molar-refractivity contribution is -0.140. The fraction of sp³-hybridized carbons (Fsp3) is 0.267. The zero-order chi connectivity index (χ0) is 26.9. The zero-order valence-corrected chi connectivity index (χ0v) is 22.3. The van der Waals surface area contributed by atoms with Gasteiger partial charge in [0.2, 0.25) is 0 Å². The molecule has 3 aromatic carbocycles. The third-order valence-electron chi connectivity index (χ3n) is 6.55. The lowest BCUT2D eigenvalue weighted by Gasteiger charge is -2.27. The van der Waals surface area contributed by atoms with Crippen molar-refractivity contribution >= 4 is 29.1 Å². The Morgan fingerprint density at radius 3 is 2.22 bits per heavy atom. The number of nitrogens with zero attached hydrogens (tertiary/aromatic N) is 1. The average Bonchev–Trinajstić information content (AvgIpc) is 3.13. The number of carbonyl (C=O) groups excluding carboxylic acids is 2. The van der Waals surface area contributed by atoms with Crippen LogP contribution in [0.2, 0.25) is 5.02 Å². The number of aliphatic hydroxyl groups excluding tert-OH is 1. The van der Waals surface area contributed by atoms with Gasteiger partial charge in [-0.1, -0.05) is 68.8 Å². The highest BCUT2D eigenvalue weighted by atomic mass is 35.5. The first-order valence-electron chi connectivity index (χ1n) is 11.9. The molecule has 6 nitrogen and oxygen atoms in total. The SMILES string of the molecule is COc1cccc(CN2C(=O)C(=O)/C(=C(/O)c3cc(OC)ccc3Cl)C2c2ccc(C(C)(C)C)cc2)c1. The van der Waals surface area contributed by atoms with Crippen molar-refractivity contribution in [1.82, 2.24) is 4.90 Å². The fourth-order valence-corrected chi connectivity index (χ4v) is 4.69. The maximum atomic E-state index is 13.4. The number of halogens is 1. The Labute approximate surface area is 222 Å². The second-order valence-corrected chi connectivity index (χ2v) is 10.4. The molecule has 7 heteroatoms. The topological polar surface area (TPSA) is 76.1 Å². The Balaban J connectivity index is 1.89. The summed E-state index contributed by atoms with van der Waals surface area (Å²) < 4.78 is 10.6. The summed E-state index contributed by atoms with van der Waals surface area (Å²) >= 11 is 6.40. The molecule has 1 unspecified atom stereocenters. The summed E-state index contributed by atoms with van der Waals surface area (Å²) in [5, 5.41) is 11.6. The third kappa shape index (κ3) is 5.20. The van der Waals surface area contributed by atoms with Gasteiger partial charge in [-0.2, -0.15) is 0 Å². The van der Waals surface area contributed by atoms with Crippen molar-refractivity contribution < 1.29 is 24.2 Å². The van der Waals surface area contributed by atoms with Crippen LogP contribution in [0.1, 0.15) is 49.1 Å². The van der Waals surface area contributed by atoms with E-state index >= 15 is 0 Å². The number of ketones is 1. The minimum atomic E-state index is -0.817. The van der Waals surface area contributed by atoms with Crippen molar-refractivity contribution in [3.63, 3.8) is 0 Å². The number of Topliss-reactive ketones (excluding diaryl/α,β-unsaturated/α-hetero) is 1. The molecule has 37 heavy (non-hydrogen) atoms. The highest BCUT2D eigenvalue weighted by molar-refractivity contribution is 6.47. The number of ether oxygens (including phenoxy) is 2. The number of amides is 1. The van der Waals surface area contributed by atoms with Gasteiger partial charge < -0.3 is 19.5 Å². The molecule has 1 atom stereocenters. The molecule has 0 aromatic heterocycles. The molecule has 1 amide bonds. The van der Waals surface area contributed by atoms with Gasteiger partial charge in [0, 0.05) is 12.1 Å². The molecule has 0 spiro atoms. The minimum absolute atomic E-state index is 0.0217. The van der Waals surface area contributed by atoms with E-state index in [1.54, 1.807) is 25.3 Å². The maximum absolute atomic E-state index is 13.4. The first-order valence-corrected chi connectivity index (χ1v) is 12.3. The maximum Gasteiger partial charge on any atom is 0.295 e. The highest BCUT2D eigenvalue weighted by Gasteiger charge is 2.46. The summed E-state index contributed by atoms with van der Waals surface area (Å²) in [5.74, 6) is -0.719. The molecule has 1 heterocycles. The van der Waals surface area contributed by atoms with Gasteiger partial charge in [-0.15, -0.1) is 0 Å². The van der Waals surface area contributed by atoms with Gasteiger partial charge in [-0.3, -0.25) is 9.59 Å². The van der Waals surface area contributed by atoms with Crippen molar-refractivity contribution in [2.45, 2.75) is 38.8 Å². The van der Waals surface area contributed by atoms with Gasteiger partial charge in [0.25, 0.3) is 11.7 Å². The van der Waals surface area contributed by atoms with Crippen LogP contribution in [0.4, 0.5) is 0 Å². The van der Waals surface area contributed by atoms with E-state index in [-0.39, 0.29) is 33.9 Å². The van der Waals surface area contributed by atoms with Crippen molar-refractivity contribution in [2.75, 3.05) is 14.2 Å². The number of methoxy groups -OCH3 is 2. The van der Waals surface area contributed by atoms with Crippen LogP contribution < -0.4 is 9.47 Å². The number of aliphatic hydroxyl groups is 1. The summed E-state index contributed by atoms with van der Waals surface area (Å²) in [6.45, 7) is 6.49. The number of carbonyl (C=O) groups is 2. The van der Waals surface area contributed by atoms with Gasteiger partial charge in [-0.05, 0) is 52.4 Å². The van der Waals surface area contributed by atoms with Crippen LogP contribution in [0.5, 0.6) is 11.5 Å². The van der Waals surface area contributed by atoms with Crippen LogP contribution >= 0.6 is 11.6 Å². The largest absolute Gasteiger partial charge is 0.507 e. The Morgan fingerprint density at radius 2 is 1.59 bits per heavy atom. The number of hydrogen-bond donors (Lipinski definition) is 1. The summed E-state index contributed by atoms with van der Waals surface area (Å²) in [4.78, 5) is 28.3. The molecule has 4 rings (SSSR count). The van der Waals surface area contributed by atoms with E-state index in [0.717, 1.165) is 11.1 Å². The van der Waals surface area contributed by atoms with E-state index in [2.05, 4.69) is 20.8 Å². The van der Waals surface area contributed by atoms with Crippen molar-refractivity contribution in [3.05, 3.63) is 99.6 Å². The summed E-state index contributed by atoms with van der Waals surface area (Å²) in [6, 6.07) is 19.1. The Morgan fingerprint density at radius 1 is 0.946 bits per heavy atom. The van der Waals surface area contributed by atoms with Gasteiger partial charge in [0.15, 0.2) is 0 Å². The van der Waals surface area contributed by atoms with Crippen molar-refractivity contribution in [3.8, 4) is 11.5 Å². The van der Waals surface area contributed by atoms with E-state index in [1.165, 1.54) is 12.0 Å². The first kappa shape index (κ1) is 26.3. The fourth-order valence-electron chi connectivity index (χ4n) is 4.48. The second kappa shape index (κ2) is 10.3. The molecular weight excluding hydrogens is 490 g/mol. The molecule has 0 bridgehead atoms. The third-order valence-corrected chi connectivity index (χ3v) is 6.88. The standard InChI is InChI=1S/C30H30ClNO5/c1-30(2,3)20-11-9-19(10-12-20)26-25(27(33)23-16-22(37-5)13-14-24(23)31)28(34)29(35)32(26)17-18-7-6-8-21(15-18)36-4/h6-16,26,33H,17H2,1-5H3/b27-25+. The summed E-state index contributed by atoms with van der Waals surface area (Å²) in [6.07, 6.45) is 0. The highest BCUT2D eigenvalue weighted by Crippen LogP contribution is 2.42. The van der Waals surface area contributed by atoms with Gasteiger partial charge in [0.05, 0.1) is 30.9 Å². The molecule has 1 fully saturated rings. The van der Waals surface area contributed by atoms with Crippen LogP contribution in [0, 0.1) is 0 Å². The van der Waals surface area contributed by atoms with Gasteiger partial charge >= 0.3 is 0 Å². The minimum Gasteiger partial charge on any atom is -0.507 e. The van der Waals surface area contributed by atoms with Crippen LogP contribution in [0.3, 0.4) is 0 Å². The first-order chi connectivity index (χ1) is 17.5. The molecule has 192 valence electrons. The predicted molar refractivity (Wildman–Crippen MR) is 144 cm³/mol. The van der Waals surface area contributed by atoms with Gasteiger partial charge in [-0.25, -0.2) is 0 Å². The normalized spacial score (nSPS) is 17.2. The lowest BCUT2D eigenvalue weighted by Crippen LogP contribution is -2.29. The molecule has 1 saturated heterocycles. The Bertz CT molecular complexity index is 1370. The molecule has 1 N–H and O–H groups in total. The number of rotatable bonds is 6. The molecular formula is C30H30ClNO5. The van der Waals surface area contributed by atoms with Crippen LogP contribution in [-0.2, 0) is 21.5 Å². The molecule has 0 radical (unpaired) electrons. The quantitative estimate of drug-likeness (QED) is 0.236. The van der Waals surface area contributed by atoms with E-state index < -0.39 is 17.7 Å². The number of hydrogen-bond acceptors (Lipinski definition) is 5. The Kier molecular flexibility index (Phi) is 7.32. The molecule has 1 aliphatic heterocycles. The predicted octanol–water partition coefficient (Wildman–Crippen LogP) is 6.28. The van der Waals surface area contributed by atoms with Crippen molar-refractivity contribution in [1.29, 1.82) is 0 Å². The second-order valence-electron chi connectivity index (χ2n) is 10.00.